The Balaban J connectivity index is 2.00. The molecular weight excluding hydrogens is 250 g/mol. The molecule has 20 heavy (non-hydrogen) atoms. The number of anilines is 1. The van der Waals surface area contributed by atoms with Crippen molar-refractivity contribution in [2.24, 2.45) is 5.92 Å². The van der Waals surface area contributed by atoms with Crippen molar-refractivity contribution in [3.8, 4) is 6.07 Å². The summed E-state index contributed by atoms with van der Waals surface area (Å²) in [6.07, 6.45) is 9.81. The minimum absolute atomic E-state index is 0.369. The molecule has 1 saturated carbocycles. The molecule has 1 heterocycles. The van der Waals surface area contributed by atoms with Crippen molar-refractivity contribution in [2.75, 3.05) is 26.0 Å². The first-order chi connectivity index (χ1) is 9.72. The van der Waals surface area contributed by atoms with Gasteiger partial charge in [-0.05, 0) is 32.9 Å². The molecule has 5 heteroatoms. The Morgan fingerprint density at radius 3 is 2.65 bits per heavy atom. The molecule has 1 aromatic heterocycles. The van der Waals surface area contributed by atoms with Crippen LogP contribution in [0.5, 0.6) is 0 Å². The standard InChI is InChI=1S/C15H23N5/c1-20(2)14(12-6-4-3-5-7-12)11-19-15-13(10-16)17-8-9-18-15/h8-9,12,14H,3-7,11H2,1-2H3,(H,18,19). The number of hydrogen-bond acceptors (Lipinski definition) is 5. The molecule has 108 valence electrons. The fourth-order valence-electron chi connectivity index (χ4n) is 3.04. The second-order valence-electron chi connectivity index (χ2n) is 5.68. The monoisotopic (exact) mass is 273 g/mol. The third-order valence-corrected chi connectivity index (χ3v) is 4.14. The Labute approximate surface area is 121 Å². The molecule has 5 nitrogen and oxygen atoms in total. The van der Waals surface area contributed by atoms with Crippen molar-refractivity contribution in [3.05, 3.63) is 18.1 Å². The van der Waals surface area contributed by atoms with E-state index in [1.54, 1.807) is 12.4 Å². The fraction of sp³-hybridized carbons (Fsp3) is 0.667. The molecule has 0 spiro atoms. The number of aromatic nitrogens is 2. The van der Waals surface area contributed by atoms with Crippen LogP contribution < -0.4 is 5.32 Å². The largest absolute Gasteiger partial charge is 0.366 e. The average Bonchev–Trinajstić information content (AvgIpc) is 2.48. The van der Waals surface area contributed by atoms with Crippen LogP contribution in [0.3, 0.4) is 0 Å². The predicted molar refractivity (Wildman–Crippen MR) is 79.3 cm³/mol. The predicted octanol–water partition coefficient (Wildman–Crippen LogP) is 2.27. The van der Waals surface area contributed by atoms with E-state index in [1.807, 2.05) is 0 Å². The van der Waals surface area contributed by atoms with Crippen molar-refractivity contribution >= 4 is 5.82 Å². The molecule has 2 rings (SSSR count). The van der Waals surface area contributed by atoms with Gasteiger partial charge < -0.3 is 10.2 Å². The Morgan fingerprint density at radius 1 is 1.30 bits per heavy atom. The molecule has 0 aromatic carbocycles. The maximum Gasteiger partial charge on any atom is 0.182 e. The van der Waals surface area contributed by atoms with Gasteiger partial charge in [-0.25, -0.2) is 9.97 Å². The molecule has 0 bridgehead atoms. The van der Waals surface area contributed by atoms with E-state index < -0.39 is 0 Å². The summed E-state index contributed by atoms with van der Waals surface area (Å²) in [4.78, 5) is 10.5. The highest BCUT2D eigenvalue weighted by atomic mass is 15.1. The van der Waals surface area contributed by atoms with Crippen LogP contribution in [0.2, 0.25) is 0 Å². The summed E-state index contributed by atoms with van der Waals surface area (Å²) in [5.41, 5.74) is 0.369. The maximum absolute atomic E-state index is 9.04. The van der Waals surface area contributed by atoms with E-state index in [-0.39, 0.29) is 0 Å². The lowest BCUT2D eigenvalue weighted by Crippen LogP contribution is -2.41. The molecule has 1 N–H and O–H groups in total. The van der Waals surface area contributed by atoms with Crippen LogP contribution in [-0.2, 0) is 0 Å². The smallest absolute Gasteiger partial charge is 0.182 e. The number of nitrogens with zero attached hydrogens (tertiary/aromatic N) is 4. The lowest BCUT2D eigenvalue weighted by Gasteiger charge is -2.35. The molecule has 1 fully saturated rings. The van der Waals surface area contributed by atoms with Crippen LogP contribution >= 0.6 is 0 Å². The summed E-state index contributed by atoms with van der Waals surface area (Å²) in [5, 5.41) is 12.3. The summed E-state index contributed by atoms with van der Waals surface area (Å²) < 4.78 is 0. The Morgan fingerprint density at radius 2 is 2.00 bits per heavy atom. The Bertz CT molecular complexity index is 460. The first kappa shape index (κ1) is 14.7. The van der Waals surface area contributed by atoms with Gasteiger partial charge in [-0.2, -0.15) is 5.26 Å². The molecular formula is C15H23N5. The van der Waals surface area contributed by atoms with Gasteiger partial charge in [0.1, 0.15) is 6.07 Å². The summed E-state index contributed by atoms with van der Waals surface area (Å²) in [6.45, 7) is 0.811. The van der Waals surface area contributed by atoms with E-state index in [1.165, 1.54) is 32.1 Å². The van der Waals surface area contributed by atoms with Crippen LogP contribution in [0.15, 0.2) is 12.4 Å². The van der Waals surface area contributed by atoms with Gasteiger partial charge in [0.15, 0.2) is 11.5 Å². The van der Waals surface area contributed by atoms with E-state index in [0.29, 0.717) is 17.6 Å². The third kappa shape index (κ3) is 3.67. The molecule has 0 aliphatic heterocycles. The van der Waals surface area contributed by atoms with Crippen LogP contribution in [0.25, 0.3) is 0 Å². The van der Waals surface area contributed by atoms with Gasteiger partial charge >= 0.3 is 0 Å². The first-order valence-electron chi connectivity index (χ1n) is 7.33. The number of nitriles is 1. The first-order valence-corrected chi connectivity index (χ1v) is 7.33. The summed E-state index contributed by atoms with van der Waals surface area (Å²) >= 11 is 0. The van der Waals surface area contributed by atoms with Gasteiger partial charge in [0.05, 0.1) is 0 Å². The second-order valence-corrected chi connectivity index (χ2v) is 5.68. The zero-order chi connectivity index (χ0) is 14.4. The Kier molecular flexibility index (Phi) is 5.31. The summed E-state index contributed by atoms with van der Waals surface area (Å²) in [5.74, 6) is 1.33. The lowest BCUT2D eigenvalue weighted by molar-refractivity contribution is 0.179. The molecule has 0 amide bonds. The highest BCUT2D eigenvalue weighted by Crippen LogP contribution is 2.28. The van der Waals surface area contributed by atoms with E-state index >= 15 is 0 Å². The minimum Gasteiger partial charge on any atom is -0.366 e. The second kappa shape index (κ2) is 7.20. The van der Waals surface area contributed by atoms with Crippen molar-refractivity contribution in [3.63, 3.8) is 0 Å². The van der Waals surface area contributed by atoms with Crippen molar-refractivity contribution in [1.82, 2.24) is 14.9 Å². The number of likely N-dealkylation sites (N-methyl/N-ethyl adjacent to an activating group) is 1. The van der Waals surface area contributed by atoms with Gasteiger partial charge in [0.2, 0.25) is 0 Å². The maximum atomic E-state index is 9.04. The fourth-order valence-corrected chi connectivity index (χ4v) is 3.04. The van der Waals surface area contributed by atoms with Gasteiger partial charge in [0.25, 0.3) is 0 Å². The van der Waals surface area contributed by atoms with Gasteiger partial charge in [0, 0.05) is 25.0 Å². The van der Waals surface area contributed by atoms with Crippen LogP contribution in [-0.4, -0.2) is 41.5 Å². The highest BCUT2D eigenvalue weighted by molar-refractivity contribution is 5.46. The molecule has 0 radical (unpaired) electrons. The van der Waals surface area contributed by atoms with Crippen molar-refractivity contribution in [1.29, 1.82) is 5.26 Å². The number of rotatable bonds is 5. The van der Waals surface area contributed by atoms with E-state index in [0.717, 1.165) is 12.5 Å². The average molecular weight is 273 g/mol. The van der Waals surface area contributed by atoms with Gasteiger partial charge in [-0.3, -0.25) is 0 Å². The third-order valence-electron chi connectivity index (χ3n) is 4.14. The molecule has 0 saturated heterocycles. The van der Waals surface area contributed by atoms with Crippen molar-refractivity contribution < 1.29 is 0 Å². The van der Waals surface area contributed by atoms with Crippen LogP contribution in [0, 0.1) is 17.2 Å². The number of nitrogens with one attached hydrogen (secondary N) is 1. The molecule has 1 aromatic rings. The van der Waals surface area contributed by atoms with E-state index in [2.05, 4.69) is 40.3 Å². The normalized spacial score (nSPS) is 17.7. The molecule has 1 aliphatic carbocycles. The molecule has 1 atom stereocenters. The van der Waals surface area contributed by atoms with Gasteiger partial charge in [-0.1, -0.05) is 19.3 Å². The van der Waals surface area contributed by atoms with E-state index in [4.69, 9.17) is 5.26 Å². The number of hydrogen-bond donors (Lipinski definition) is 1. The van der Waals surface area contributed by atoms with Gasteiger partial charge in [-0.15, -0.1) is 0 Å². The SMILES string of the molecule is CN(C)C(CNc1nccnc1C#N)C1CCCCC1. The molecule has 1 unspecified atom stereocenters. The summed E-state index contributed by atoms with van der Waals surface area (Å²) in [6, 6.07) is 2.55. The quantitative estimate of drug-likeness (QED) is 0.891. The zero-order valence-electron chi connectivity index (χ0n) is 12.3. The van der Waals surface area contributed by atoms with E-state index in [9.17, 15) is 0 Å². The zero-order valence-corrected chi connectivity index (χ0v) is 12.3. The van der Waals surface area contributed by atoms with Crippen molar-refractivity contribution in [2.45, 2.75) is 38.1 Å². The highest BCUT2D eigenvalue weighted by Gasteiger charge is 2.25. The van der Waals surface area contributed by atoms with Crippen LogP contribution in [0.1, 0.15) is 37.8 Å². The molecule has 1 aliphatic rings. The van der Waals surface area contributed by atoms with Crippen LogP contribution in [0.4, 0.5) is 5.82 Å². The lowest BCUT2D eigenvalue weighted by atomic mass is 9.83. The minimum atomic E-state index is 0.369. The topological polar surface area (TPSA) is 64.8 Å². The summed E-state index contributed by atoms with van der Waals surface area (Å²) in [7, 11) is 4.26. The Hall–Kier alpha value is -1.67.